The van der Waals surface area contributed by atoms with E-state index < -0.39 is 0 Å². The Morgan fingerprint density at radius 3 is 2.42 bits per heavy atom. The Morgan fingerprint density at radius 1 is 1.05 bits per heavy atom. The summed E-state index contributed by atoms with van der Waals surface area (Å²) in [5.74, 6) is 0. The number of thiophene rings is 1. The van der Waals surface area contributed by atoms with Gasteiger partial charge in [-0.1, -0.05) is 11.6 Å². The van der Waals surface area contributed by atoms with Gasteiger partial charge in [0.25, 0.3) is 0 Å². The van der Waals surface area contributed by atoms with Gasteiger partial charge in [-0.3, -0.25) is 0 Å². The zero-order valence-corrected chi connectivity index (χ0v) is 12.0. The van der Waals surface area contributed by atoms with E-state index in [1.807, 2.05) is 36.4 Å². The first-order chi connectivity index (χ1) is 9.25. The first-order valence-corrected chi connectivity index (χ1v) is 7.21. The lowest BCUT2D eigenvalue weighted by Gasteiger charge is -2.19. The lowest BCUT2D eigenvalue weighted by molar-refractivity contribution is 1.07. The van der Waals surface area contributed by atoms with Crippen molar-refractivity contribution >= 4 is 33.6 Å². The maximum atomic E-state index is 5.93. The lowest BCUT2D eigenvalue weighted by Crippen LogP contribution is -2.09. The van der Waals surface area contributed by atoms with E-state index in [0.29, 0.717) is 0 Å². The highest BCUT2D eigenvalue weighted by Gasteiger charge is 2.11. The van der Waals surface area contributed by atoms with E-state index in [2.05, 4.69) is 40.4 Å². The number of hydrogen-bond acceptors (Lipinski definition) is 2. The summed E-state index contributed by atoms with van der Waals surface area (Å²) in [5, 5.41) is 4.07. The average molecular weight is 289 g/mol. The van der Waals surface area contributed by atoms with E-state index in [-0.39, 0.29) is 0 Å². The predicted molar refractivity (Wildman–Crippen MR) is 83.2 cm³/mol. The zero-order chi connectivity index (χ0) is 13.2. The van der Waals surface area contributed by atoms with Crippen molar-refractivity contribution < 1.29 is 0 Å². The molecule has 3 aromatic rings. The van der Waals surface area contributed by atoms with E-state index in [0.717, 1.165) is 10.7 Å². The summed E-state index contributed by atoms with van der Waals surface area (Å²) < 4.78 is 2.12. The van der Waals surface area contributed by atoms with E-state index >= 15 is 0 Å². The number of halogens is 1. The molecule has 4 heteroatoms. The van der Waals surface area contributed by atoms with Crippen LogP contribution in [-0.2, 0) is 0 Å². The molecule has 0 atom stereocenters. The monoisotopic (exact) mass is 288 g/mol. The first kappa shape index (κ1) is 12.3. The van der Waals surface area contributed by atoms with E-state index in [9.17, 15) is 0 Å². The topological polar surface area (TPSA) is 8.17 Å². The molecule has 0 unspecified atom stereocenters. The van der Waals surface area contributed by atoms with Crippen molar-refractivity contribution in [3.05, 3.63) is 65.3 Å². The highest BCUT2D eigenvalue weighted by atomic mass is 35.5. The Labute approximate surface area is 121 Å². The van der Waals surface area contributed by atoms with Crippen molar-refractivity contribution in [2.75, 3.05) is 11.9 Å². The van der Waals surface area contributed by atoms with Crippen molar-refractivity contribution in [2.24, 2.45) is 0 Å². The molecular weight excluding hydrogens is 276 g/mol. The van der Waals surface area contributed by atoms with Crippen LogP contribution < -0.4 is 4.90 Å². The van der Waals surface area contributed by atoms with Gasteiger partial charge in [0.05, 0.1) is 5.69 Å². The summed E-state index contributed by atoms with van der Waals surface area (Å²) in [6.07, 6.45) is 4.11. The van der Waals surface area contributed by atoms with Gasteiger partial charge in [-0.15, -0.1) is 11.3 Å². The third-order valence-corrected chi connectivity index (χ3v) is 4.26. The Balaban J connectivity index is 1.99. The largest absolute Gasteiger partial charge is 0.335 e. The minimum absolute atomic E-state index is 0.758. The Hall–Kier alpha value is -1.71. The molecule has 0 N–H and O–H groups in total. The molecule has 19 heavy (non-hydrogen) atoms. The molecule has 0 fully saturated rings. The number of anilines is 2. The van der Waals surface area contributed by atoms with Crippen molar-refractivity contribution in [1.29, 1.82) is 0 Å². The SMILES string of the molecule is CN(c1ccc(Cl)cc1)c1sccc1-n1cccc1. The van der Waals surface area contributed by atoms with Crippen LogP contribution in [0.2, 0.25) is 5.02 Å². The van der Waals surface area contributed by atoms with Gasteiger partial charge in [0.1, 0.15) is 5.00 Å². The maximum absolute atomic E-state index is 5.93. The van der Waals surface area contributed by atoms with Crippen molar-refractivity contribution in [2.45, 2.75) is 0 Å². The van der Waals surface area contributed by atoms with Crippen LogP contribution in [0.15, 0.2) is 60.2 Å². The van der Waals surface area contributed by atoms with Gasteiger partial charge in [-0.05, 0) is 47.8 Å². The molecule has 0 saturated heterocycles. The fourth-order valence-corrected chi connectivity index (χ4v) is 3.03. The molecule has 2 aromatic heterocycles. The van der Waals surface area contributed by atoms with Crippen molar-refractivity contribution in [1.82, 2.24) is 4.57 Å². The normalized spacial score (nSPS) is 10.6. The molecule has 0 spiro atoms. The fraction of sp³-hybridized carbons (Fsp3) is 0.0667. The summed E-state index contributed by atoms with van der Waals surface area (Å²) in [4.78, 5) is 2.18. The van der Waals surface area contributed by atoms with Gasteiger partial charge in [0, 0.05) is 30.2 Å². The molecule has 2 nitrogen and oxygen atoms in total. The molecular formula is C15H13ClN2S. The smallest absolute Gasteiger partial charge is 0.120 e. The molecule has 1 aromatic carbocycles. The van der Waals surface area contributed by atoms with Gasteiger partial charge in [0.2, 0.25) is 0 Å². The highest BCUT2D eigenvalue weighted by molar-refractivity contribution is 7.14. The molecule has 3 rings (SSSR count). The van der Waals surface area contributed by atoms with E-state index in [4.69, 9.17) is 11.6 Å². The average Bonchev–Trinajstić information content (AvgIpc) is 3.09. The molecule has 0 amide bonds. The van der Waals surface area contributed by atoms with Gasteiger partial charge in [-0.2, -0.15) is 0 Å². The van der Waals surface area contributed by atoms with E-state index in [1.54, 1.807) is 11.3 Å². The van der Waals surface area contributed by atoms with Crippen molar-refractivity contribution in [3.63, 3.8) is 0 Å². The number of rotatable bonds is 3. The van der Waals surface area contributed by atoms with Crippen LogP contribution in [0.5, 0.6) is 0 Å². The first-order valence-electron chi connectivity index (χ1n) is 5.96. The number of aromatic nitrogens is 1. The second kappa shape index (κ2) is 5.11. The van der Waals surface area contributed by atoms with Gasteiger partial charge >= 0.3 is 0 Å². The van der Waals surface area contributed by atoms with Crippen LogP contribution in [0.4, 0.5) is 10.7 Å². The maximum Gasteiger partial charge on any atom is 0.120 e. The Morgan fingerprint density at radius 2 is 1.74 bits per heavy atom. The summed E-state index contributed by atoms with van der Waals surface area (Å²) in [7, 11) is 2.07. The molecule has 0 radical (unpaired) electrons. The minimum Gasteiger partial charge on any atom is -0.335 e. The van der Waals surface area contributed by atoms with Crippen molar-refractivity contribution in [3.8, 4) is 5.69 Å². The zero-order valence-electron chi connectivity index (χ0n) is 10.5. The van der Waals surface area contributed by atoms with Crippen LogP contribution in [0.1, 0.15) is 0 Å². The van der Waals surface area contributed by atoms with Crippen LogP contribution >= 0.6 is 22.9 Å². The summed E-state index contributed by atoms with van der Waals surface area (Å²) >= 11 is 7.66. The lowest BCUT2D eigenvalue weighted by atomic mass is 10.3. The summed E-state index contributed by atoms with van der Waals surface area (Å²) in [6, 6.07) is 14.1. The second-order valence-corrected chi connectivity index (χ2v) is 5.57. The molecule has 0 bridgehead atoms. The van der Waals surface area contributed by atoms with Crippen LogP contribution in [-0.4, -0.2) is 11.6 Å². The van der Waals surface area contributed by atoms with Crippen LogP contribution in [0.3, 0.4) is 0 Å². The summed E-state index contributed by atoms with van der Waals surface area (Å²) in [5.41, 5.74) is 2.31. The van der Waals surface area contributed by atoms with Gasteiger partial charge in [0.15, 0.2) is 0 Å². The number of benzene rings is 1. The quantitative estimate of drug-likeness (QED) is 0.661. The van der Waals surface area contributed by atoms with Gasteiger partial charge < -0.3 is 9.47 Å². The Kier molecular flexibility index (Phi) is 3.32. The van der Waals surface area contributed by atoms with E-state index in [1.165, 1.54) is 10.7 Å². The Bertz CT molecular complexity index is 656. The predicted octanol–water partition coefficient (Wildman–Crippen LogP) is 4.96. The fourth-order valence-electron chi connectivity index (χ4n) is 2.02. The molecule has 96 valence electrons. The van der Waals surface area contributed by atoms with Crippen LogP contribution in [0, 0.1) is 0 Å². The van der Waals surface area contributed by atoms with Crippen LogP contribution in [0.25, 0.3) is 5.69 Å². The molecule has 0 saturated carbocycles. The number of hydrogen-bond donors (Lipinski definition) is 0. The highest BCUT2D eigenvalue weighted by Crippen LogP contribution is 2.35. The number of nitrogens with zero attached hydrogens (tertiary/aromatic N) is 2. The molecule has 0 aliphatic heterocycles. The molecule has 0 aliphatic rings. The summed E-state index contributed by atoms with van der Waals surface area (Å²) in [6.45, 7) is 0. The standard InChI is InChI=1S/C15H13ClN2S/c1-17(13-6-4-12(16)5-7-13)15-14(8-11-19-15)18-9-2-3-10-18/h2-11H,1H3. The minimum atomic E-state index is 0.758. The molecule has 0 aliphatic carbocycles. The third kappa shape index (κ3) is 2.39. The third-order valence-electron chi connectivity index (χ3n) is 3.03. The second-order valence-electron chi connectivity index (χ2n) is 4.24. The molecule has 2 heterocycles. The van der Waals surface area contributed by atoms with Gasteiger partial charge in [-0.25, -0.2) is 0 Å².